The molecule has 0 fully saturated rings. The number of nitrogens with zero attached hydrogens (tertiary/aromatic N) is 2. The molecule has 1 amide bonds. The Balaban J connectivity index is 2.36. The fraction of sp³-hybridized carbons (Fsp3) is 0. The van der Waals surface area contributed by atoms with Gasteiger partial charge in [0.2, 0.25) is 0 Å². The molecule has 9 heteroatoms. The van der Waals surface area contributed by atoms with Crippen molar-refractivity contribution in [1.82, 2.24) is 4.98 Å². The molecule has 0 radical (unpaired) electrons. The summed E-state index contributed by atoms with van der Waals surface area (Å²) < 4.78 is 13.3. The molecule has 0 saturated heterocycles. The van der Waals surface area contributed by atoms with Gasteiger partial charge in [0.05, 0.1) is 10.6 Å². The van der Waals surface area contributed by atoms with Crippen molar-refractivity contribution in [3.8, 4) is 0 Å². The highest BCUT2D eigenvalue weighted by Crippen LogP contribution is 2.25. The number of hydrogen-bond donors (Lipinski definition) is 2. The summed E-state index contributed by atoms with van der Waals surface area (Å²) in [6.45, 7) is 0. The van der Waals surface area contributed by atoms with Crippen molar-refractivity contribution < 1.29 is 14.1 Å². The van der Waals surface area contributed by atoms with Crippen LogP contribution in [-0.2, 0) is 0 Å². The van der Waals surface area contributed by atoms with Crippen LogP contribution in [0.3, 0.4) is 0 Å². The number of nitrogens with one attached hydrogen (secondary N) is 1. The quantitative estimate of drug-likeness (QED) is 0.650. The Kier molecular flexibility index (Phi) is 4.13. The Morgan fingerprint density at radius 1 is 1.43 bits per heavy atom. The lowest BCUT2D eigenvalue weighted by Crippen LogP contribution is -2.15. The molecule has 7 nitrogen and oxygen atoms in total. The molecule has 0 aliphatic carbocycles. The zero-order valence-electron chi connectivity index (χ0n) is 10.3. The third kappa shape index (κ3) is 3.31. The number of carbonyl (C=O) groups excluding carboxylic acids is 1. The number of pyridine rings is 1. The molecule has 0 atom stereocenters. The van der Waals surface area contributed by atoms with Crippen LogP contribution in [0.2, 0.25) is 0 Å². The van der Waals surface area contributed by atoms with E-state index in [1.165, 1.54) is 6.07 Å². The van der Waals surface area contributed by atoms with E-state index < -0.39 is 22.3 Å². The minimum absolute atomic E-state index is 0.0241. The molecular formula is C12H8BrFN4O3. The van der Waals surface area contributed by atoms with Crippen molar-refractivity contribution in [3.05, 3.63) is 56.4 Å². The minimum Gasteiger partial charge on any atom is -0.384 e. The lowest BCUT2D eigenvalue weighted by Gasteiger charge is -2.08. The van der Waals surface area contributed by atoms with E-state index in [9.17, 15) is 19.3 Å². The molecule has 21 heavy (non-hydrogen) atoms. The number of benzene rings is 1. The van der Waals surface area contributed by atoms with Gasteiger partial charge in [-0.05, 0) is 40.2 Å². The minimum atomic E-state index is -0.747. The number of aromatic nitrogens is 1. The summed E-state index contributed by atoms with van der Waals surface area (Å²) >= 11 is 3.08. The van der Waals surface area contributed by atoms with Gasteiger partial charge in [-0.15, -0.1) is 0 Å². The molecule has 0 spiro atoms. The van der Waals surface area contributed by atoms with Crippen LogP contribution in [0, 0.1) is 15.9 Å². The van der Waals surface area contributed by atoms with Gasteiger partial charge in [-0.1, -0.05) is 0 Å². The first kappa shape index (κ1) is 14.9. The predicted molar refractivity (Wildman–Crippen MR) is 77.4 cm³/mol. The van der Waals surface area contributed by atoms with Gasteiger partial charge in [0.25, 0.3) is 11.6 Å². The van der Waals surface area contributed by atoms with Crippen molar-refractivity contribution >= 4 is 39.0 Å². The molecule has 0 saturated carbocycles. The average molecular weight is 355 g/mol. The zero-order chi connectivity index (χ0) is 15.6. The molecule has 0 unspecified atom stereocenters. The summed E-state index contributed by atoms with van der Waals surface area (Å²) in [5, 5.41) is 13.3. The number of nitro groups is 1. The van der Waals surface area contributed by atoms with Gasteiger partial charge in [-0.2, -0.15) is 0 Å². The highest BCUT2D eigenvalue weighted by Gasteiger charge is 2.21. The van der Waals surface area contributed by atoms with Gasteiger partial charge >= 0.3 is 0 Å². The first-order chi connectivity index (χ1) is 9.88. The van der Waals surface area contributed by atoms with Gasteiger partial charge in [-0.3, -0.25) is 14.9 Å². The summed E-state index contributed by atoms with van der Waals surface area (Å²) in [6.07, 6.45) is 0.907. The molecule has 1 aromatic heterocycles. The second kappa shape index (κ2) is 5.83. The maximum atomic E-state index is 13.0. The Hall–Kier alpha value is -2.55. The summed E-state index contributed by atoms with van der Waals surface area (Å²) in [4.78, 5) is 25.8. The fourth-order valence-electron chi connectivity index (χ4n) is 1.57. The van der Waals surface area contributed by atoms with Crippen LogP contribution >= 0.6 is 15.9 Å². The van der Waals surface area contributed by atoms with Gasteiger partial charge in [0.15, 0.2) is 0 Å². The number of carbonyl (C=O) groups is 1. The van der Waals surface area contributed by atoms with Crippen LogP contribution in [0.15, 0.2) is 34.9 Å². The van der Waals surface area contributed by atoms with Gasteiger partial charge in [0.1, 0.15) is 23.4 Å². The van der Waals surface area contributed by atoms with E-state index in [2.05, 4.69) is 26.2 Å². The number of hydrogen-bond acceptors (Lipinski definition) is 5. The predicted octanol–water partition coefficient (Wildman–Crippen LogP) is 2.73. The first-order valence-corrected chi connectivity index (χ1v) is 6.34. The molecule has 0 bridgehead atoms. The standard InChI is InChI=1S/C12H8BrFN4O3/c13-8-3-6(14)1-2-9(8)17-12(19)7-4-11(15)16-5-10(7)18(20)21/h1-5H,(H2,15,16)(H,17,19). The largest absolute Gasteiger partial charge is 0.384 e. The van der Waals surface area contributed by atoms with E-state index in [4.69, 9.17) is 5.73 Å². The summed E-state index contributed by atoms with van der Waals surface area (Å²) in [6, 6.07) is 4.74. The maximum absolute atomic E-state index is 13.0. The maximum Gasteiger partial charge on any atom is 0.300 e. The molecule has 0 aliphatic rings. The highest BCUT2D eigenvalue weighted by atomic mass is 79.9. The number of nitrogens with two attached hydrogens (primary N) is 1. The van der Waals surface area contributed by atoms with Crippen molar-refractivity contribution in [3.63, 3.8) is 0 Å². The van der Waals surface area contributed by atoms with E-state index in [1.807, 2.05) is 0 Å². The molecular weight excluding hydrogens is 347 g/mol. The summed E-state index contributed by atoms with van der Waals surface area (Å²) in [5.41, 5.74) is 5.00. The van der Waals surface area contributed by atoms with E-state index >= 15 is 0 Å². The van der Waals surface area contributed by atoms with Crippen LogP contribution in [0.25, 0.3) is 0 Å². The fourth-order valence-corrected chi connectivity index (χ4v) is 2.02. The van der Waals surface area contributed by atoms with Gasteiger partial charge < -0.3 is 11.1 Å². The topological polar surface area (TPSA) is 111 Å². The third-order valence-corrected chi connectivity index (χ3v) is 3.18. The normalized spacial score (nSPS) is 10.2. The number of amides is 1. The smallest absolute Gasteiger partial charge is 0.300 e. The zero-order valence-corrected chi connectivity index (χ0v) is 11.9. The monoisotopic (exact) mass is 354 g/mol. The van der Waals surface area contributed by atoms with Crippen molar-refractivity contribution in [2.45, 2.75) is 0 Å². The van der Waals surface area contributed by atoms with Crippen molar-refractivity contribution in [2.24, 2.45) is 0 Å². The Bertz CT molecular complexity index is 738. The Labute approximate surface area is 126 Å². The van der Waals surface area contributed by atoms with Crippen LogP contribution in [0.5, 0.6) is 0 Å². The van der Waals surface area contributed by atoms with Crippen LogP contribution in [-0.4, -0.2) is 15.8 Å². The highest BCUT2D eigenvalue weighted by molar-refractivity contribution is 9.10. The summed E-state index contributed by atoms with van der Waals surface area (Å²) in [7, 11) is 0. The molecule has 1 heterocycles. The molecule has 1 aromatic carbocycles. The molecule has 108 valence electrons. The van der Waals surface area contributed by atoms with E-state index in [0.29, 0.717) is 4.47 Å². The Morgan fingerprint density at radius 3 is 2.76 bits per heavy atom. The lowest BCUT2D eigenvalue weighted by molar-refractivity contribution is -0.385. The average Bonchev–Trinajstić information content (AvgIpc) is 2.41. The summed E-state index contributed by atoms with van der Waals surface area (Å²) in [5.74, 6) is -1.26. The molecule has 2 aromatic rings. The Morgan fingerprint density at radius 2 is 2.14 bits per heavy atom. The molecule has 3 N–H and O–H groups in total. The lowest BCUT2D eigenvalue weighted by atomic mass is 10.2. The molecule has 0 aliphatic heterocycles. The van der Waals surface area contributed by atoms with Gasteiger partial charge in [0, 0.05) is 4.47 Å². The van der Waals surface area contributed by atoms with Crippen molar-refractivity contribution in [1.29, 1.82) is 0 Å². The second-order valence-corrected chi connectivity index (χ2v) is 4.82. The van der Waals surface area contributed by atoms with Gasteiger partial charge in [-0.25, -0.2) is 9.37 Å². The number of rotatable bonds is 3. The number of nitrogen functional groups attached to an aromatic ring is 1. The second-order valence-electron chi connectivity index (χ2n) is 3.96. The van der Waals surface area contributed by atoms with E-state index in [1.54, 1.807) is 0 Å². The molecule has 2 rings (SSSR count). The van der Waals surface area contributed by atoms with E-state index in [0.717, 1.165) is 24.4 Å². The van der Waals surface area contributed by atoms with Crippen LogP contribution in [0.4, 0.5) is 21.6 Å². The van der Waals surface area contributed by atoms with Crippen LogP contribution < -0.4 is 11.1 Å². The number of halogens is 2. The first-order valence-electron chi connectivity index (χ1n) is 5.55. The SMILES string of the molecule is Nc1cc(C(=O)Nc2ccc(F)cc2Br)c([N+](=O)[O-])cn1. The van der Waals surface area contributed by atoms with E-state index in [-0.39, 0.29) is 17.1 Å². The third-order valence-electron chi connectivity index (χ3n) is 2.52. The number of anilines is 2. The van der Waals surface area contributed by atoms with Crippen molar-refractivity contribution in [2.75, 3.05) is 11.1 Å². The van der Waals surface area contributed by atoms with Crippen LogP contribution in [0.1, 0.15) is 10.4 Å².